The molecule has 1 N–H and O–H groups in total. The lowest BCUT2D eigenvalue weighted by Gasteiger charge is -2.15. The molecular formula is C18H16ClF3N2O2. The number of ether oxygens (including phenoxy) is 1. The minimum Gasteiger partial charge on any atom is -0.449 e. The quantitative estimate of drug-likeness (QED) is 0.567. The highest BCUT2D eigenvalue weighted by Crippen LogP contribution is 2.31. The Kier molecular flexibility index (Phi) is 6.63. The molecule has 0 aliphatic carbocycles. The fourth-order valence-electron chi connectivity index (χ4n) is 2.24. The van der Waals surface area contributed by atoms with Crippen molar-refractivity contribution in [2.45, 2.75) is 19.0 Å². The molecule has 0 saturated carbocycles. The monoisotopic (exact) mass is 384 g/mol. The van der Waals surface area contributed by atoms with Gasteiger partial charge in [-0.15, -0.1) is 0 Å². The number of rotatable bonds is 5. The van der Waals surface area contributed by atoms with E-state index in [1.807, 2.05) is 0 Å². The molecule has 2 rings (SSSR count). The summed E-state index contributed by atoms with van der Waals surface area (Å²) < 4.78 is 42.9. The number of carbonyl (C=O) groups excluding carboxylic acids is 1. The summed E-state index contributed by atoms with van der Waals surface area (Å²) in [5.74, 6) is -0.475. The van der Waals surface area contributed by atoms with Crippen molar-refractivity contribution in [1.82, 2.24) is 5.43 Å². The molecule has 0 aromatic heterocycles. The van der Waals surface area contributed by atoms with Crippen molar-refractivity contribution >= 4 is 23.9 Å². The first kappa shape index (κ1) is 19.8. The van der Waals surface area contributed by atoms with Crippen molar-refractivity contribution in [3.05, 3.63) is 70.2 Å². The highest BCUT2D eigenvalue weighted by atomic mass is 35.5. The van der Waals surface area contributed by atoms with Crippen LogP contribution in [0.1, 0.15) is 29.5 Å². The Bertz CT molecular complexity index is 760. The largest absolute Gasteiger partial charge is 0.449 e. The number of benzene rings is 2. The molecule has 138 valence electrons. The molecule has 2 aromatic carbocycles. The maximum Gasteiger partial charge on any atom is 0.427 e. The zero-order valence-corrected chi connectivity index (χ0v) is 14.5. The Balaban J connectivity index is 2.29. The van der Waals surface area contributed by atoms with E-state index in [0.717, 1.165) is 17.7 Å². The highest BCUT2D eigenvalue weighted by Gasteiger charge is 2.30. The van der Waals surface area contributed by atoms with Gasteiger partial charge in [-0.3, -0.25) is 0 Å². The highest BCUT2D eigenvalue weighted by molar-refractivity contribution is 6.30. The Morgan fingerprint density at radius 3 is 2.19 bits per heavy atom. The minimum absolute atomic E-state index is 0.195. The molecule has 0 heterocycles. The lowest BCUT2D eigenvalue weighted by atomic mass is 9.92. The van der Waals surface area contributed by atoms with Gasteiger partial charge in [0.2, 0.25) is 0 Å². The number of hydrogen-bond donors (Lipinski definition) is 1. The van der Waals surface area contributed by atoms with Gasteiger partial charge in [0.1, 0.15) is 0 Å². The summed E-state index contributed by atoms with van der Waals surface area (Å²) >= 11 is 5.88. The van der Waals surface area contributed by atoms with Crippen LogP contribution in [0.2, 0.25) is 5.02 Å². The van der Waals surface area contributed by atoms with E-state index in [0.29, 0.717) is 10.6 Å². The van der Waals surface area contributed by atoms with Gasteiger partial charge in [0.15, 0.2) is 0 Å². The van der Waals surface area contributed by atoms with Gasteiger partial charge in [0.25, 0.3) is 0 Å². The van der Waals surface area contributed by atoms with Crippen molar-refractivity contribution in [3.8, 4) is 0 Å². The molecule has 26 heavy (non-hydrogen) atoms. The van der Waals surface area contributed by atoms with Gasteiger partial charge in [-0.05, 0) is 42.3 Å². The number of hydrogen-bond acceptors (Lipinski definition) is 3. The van der Waals surface area contributed by atoms with Crippen LogP contribution in [-0.4, -0.2) is 18.9 Å². The Morgan fingerprint density at radius 2 is 1.69 bits per heavy atom. The molecule has 1 amide bonds. The predicted molar refractivity (Wildman–Crippen MR) is 93.4 cm³/mol. The number of halogens is 4. The molecule has 0 saturated heterocycles. The van der Waals surface area contributed by atoms with Gasteiger partial charge in [0.05, 0.1) is 12.2 Å². The van der Waals surface area contributed by atoms with E-state index in [1.54, 1.807) is 31.2 Å². The first-order chi connectivity index (χ1) is 12.3. The van der Waals surface area contributed by atoms with Crippen LogP contribution in [0.5, 0.6) is 0 Å². The maximum atomic E-state index is 12.7. The van der Waals surface area contributed by atoms with E-state index in [1.165, 1.54) is 18.3 Å². The molecule has 8 heteroatoms. The third kappa shape index (κ3) is 5.49. The van der Waals surface area contributed by atoms with E-state index in [4.69, 9.17) is 16.3 Å². The van der Waals surface area contributed by atoms with Crippen molar-refractivity contribution in [3.63, 3.8) is 0 Å². The van der Waals surface area contributed by atoms with Gasteiger partial charge in [-0.25, -0.2) is 10.2 Å². The van der Waals surface area contributed by atoms with Crippen LogP contribution in [0.3, 0.4) is 0 Å². The number of carbonyl (C=O) groups is 1. The zero-order chi connectivity index (χ0) is 19.2. The van der Waals surface area contributed by atoms with Crippen LogP contribution in [0, 0.1) is 0 Å². The first-order valence-electron chi connectivity index (χ1n) is 7.70. The Labute approximate surface area is 153 Å². The summed E-state index contributed by atoms with van der Waals surface area (Å²) in [7, 11) is 0. The van der Waals surface area contributed by atoms with Crippen molar-refractivity contribution in [2.24, 2.45) is 5.10 Å². The third-order valence-corrected chi connectivity index (χ3v) is 3.73. The number of nitrogens with zero attached hydrogens (tertiary/aromatic N) is 1. The zero-order valence-electron chi connectivity index (χ0n) is 13.8. The van der Waals surface area contributed by atoms with Gasteiger partial charge in [-0.1, -0.05) is 35.9 Å². The van der Waals surface area contributed by atoms with Gasteiger partial charge >= 0.3 is 12.3 Å². The lowest BCUT2D eigenvalue weighted by Crippen LogP contribution is -2.19. The minimum atomic E-state index is -4.41. The number of alkyl halides is 3. The molecule has 0 spiro atoms. The summed E-state index contributed by atoms with van der Waals surface area (Å²) in [6.07, 6.45) is -3.71. The smallest absolute Gasteiger partial charge is 0.427 e. The van der Waals surface area contributed by atoms with E-state index >= 15 is 0 Å². The molecular weight excluding hydrogens is 369 g/mol. The molecule has 1 atom stereocenters. The Morgan fingerprint density at radius 1 is 1.15 bits per heavy atom. The number of nitrogens with one attached hydrogen (secondary N) is 1. The van der Waals surface area contributed by atoms with Crippen molar-refractivity contribution < 1.29 is 22.7 Å². The lowest BCUT2D eigenvalue weighted by molar-refractivity contribution is -0.137. The summed E-state index contributed by atoms with van der Waals surface area (Å²) in [4.78, 5) is 11.3. The Hall–Kier alpha value is -2.54. The molecule has 0 bridgehead atoms. The summed E-state index contributed by atoms with van der Waals surface area (Å²) in [5.41, 5.74) is 2.80. The topological polar surface area (TPSA) is 50.7 Å². The van der Waals surface area contributed by atoms with Gasteiger partial charge in [-0.2, -0.15) is 18.3 Å². The second-order valence-electron chi connectivity index (χ2n) is 5.26. The van der Waals surface area contributed by atoms with Crippen LogP contribution in [0.15, 0.2) is 53.6 Å². The molecule has 0 aliphatic rings. The fraction of sp³-hybridized carbons (Fsp3) is 0.222. The van der Waals surface area contributed by atoms with Crippen LogP contribution in [-0.2, 0) is 10.9 Å². The van der Waals surface area contributed by atoms with Crippen molar-refractivity contribution in [1.29, 1.82) is 0 Å². The maximum absolute atomic E-state index is 12.7. The van der Waals surface area contributed by atoms with Crippen LogP contribution < -0.4 is 5.43 Å². The summed E-state index contributed by atoms with van der Waals surface area (Å²) in [5, 5.41) is 4.36. The molecule has 0 aliphatic heterocycles. The van der Waals surface area contributed by atoms with Crippen LogP contribution in [0.4, 0.5) is 18.0 Å². The standard InChI is InChI=1S/C18H16ClF3N2O2/c1-2-26-17(25)24-23-11-16(13-5-9-15(19)10-6-13)12-3-7-14(8-4-12)18(20,21)22/h3-11,16H,2H2,1H3,(H,24,25). The normalized spacial score (nSPS) is 12.8. The third-order valence-electron chi connectivity index (χ3n) is 3.48. The molecule has 4 nitrogen and oxygen atoms in total. The molecule has 0 fully saturated rings. The predicted octanol–water partition coefficient (Wildman–Crippen LogP) is 5.22. The van der Waals surface area contributed by atoms with Crippen LogP contribution in [0.25, 0.3) is 0 Å². The summed E-state index contributed by atoms with van der Waals surface area (Å²) in [6.45, 7) is 1.85. The van der Waals surface area contributed by atoms with E-state index < -0.39 is 23.8 Å². The second-order valence-corrected chi connectivity index (χ2v) is 5.70. The van der Waals surface area contributed by atoms with Gasteiger partial charge in [0, 0.05) is 17.2 Å². The molecule has 1 unspecified atom stereocenters. The van der Waals surface area contributed by atoms with Gasteiger partial charge < -0.3 is 4.74 Å². The summed E-state index contributed by atoms with van der Waals surface area (Å²) in [6, 6.07) is 11.6. The SMILES string of the molecule is CCOC(=O)NN=CC(c1ccc(Cl)cc1)c1ccc(C(F)(F)F)cc1. The average Bonchev–Trinajstić information content (AvgIpc) is 2.59. The molecule has 2 aromatic rings. The number of hydrazone groups is 1. The van der Waals surface area contributed by atoms with E-state index in [9.17, 15) is 18.0 Å². The first-order valence-corrected chi connectivity index (χ1v) is 8.07. The van der Waals surface area contributed by atoms with Crippen molar-refractivity contribution in [2.75, 3.05) is 6.61 Å². The fourth-order valence-corrected chi connectivity index (χ4v) is 2.37. The second kappa shape index (κ2) is 8.71. The molecule has 0 radical (unpaired) electrons. The average molecular weight is 385 g/mol. The van der Waals surface area contributed by atoms with E-state index in [2.05, 4.69) is 10.5 Å². The number of amides is 1. The van der Waals surface area contributed by atoms with E-state index in [-0.39, 0.29) is 6.61 Å². The van der Waals surface area contributed by atoms with Crippen LogP contribution >= 0.6 is 11.6 Å².